The van der Waals surface area contributed by atoms with Crippen LogP contribution < -0.4 is 9.47 Å². The highest BCUT2D eigenvalue weighted by molar-refractivity contribution is 5.90. The Labute approximate surface area is 128 Å². The molecule has 5 heteroatoms. The smallest absolute Gasteiger partial charge is 0.349 e. The molecule has 0 aromatic heterocycles. The Bertz CT molecular complexity index is 637. The van der Waals surface area contributed by atoms with E-state index in [1.165, 1.54) is 6.07 Å². The van der Waals surface area contributed by atoms with Crippen LogP contribution in [-0.2, 0) is 9.53 Å². The summed E-state index contributed by atoms with van der Waals surface area (Å²) in [5, 5.41) is 0. The number of ether oxygens (including phenoxy) is 3. The summed E-state index contributed by atoms with van der Waals surface area (Å²) in [6.45, 7) is 1.80. The summed E-state index contributed by atoms with van der Waals surface area (Å²) in [7, 11) is 0. The molecule has 0 aliphatic heterocycles. The number of carbonyl (C=O) groups is 2. The summed E-state index contributed by atoms with van der Waals surface area (Å²) in [5.41, 5.74) is 0.330. The summed E-state index contributed by atoms with van der Waals surface area (Å²) in [6.07, 6.45) is 0. The van der Waals surface area contributed by atoms with Gasteiger partial charge in [-0.15, -0.1) is 0 Å². The average molecular weight is 300 g/mol. The number of hydrogen-bond donors (Lipinski definition) is 0. The van der Waals surface area contributed by atoms with E-state index >= 15 is 0 Å². The Kier molecular flexibility index (Phi) is 5.54. The quantitative estimate of drug-likeness (QED) is 0.606. The zero-order valence-corrected chi connectivity index (χ0v) is 12.2. The summed E-state index contributed by atoms with van der Waals surface area (Å²) in [5.74, 6) is -0.155. The standard InChI is InChI=1S/C17H16O5/c1-2-20-17(19)13-7-6-10-15(11-13)22-16(18)12-21-14-8-4-3-5-9-14/h3-11H,2,12H2,1H3. The van der Waals surface area contributed by atoms with Gasteiger partial charge in [0.25, 0.3) is 0 Å². The van der Waals surface area contributed by atoms with E-state index in [1.54, 1.807) is 37.3 Å². The highest BCUT2D eigenvalue weighted by Gasteiger charge is 2.10. The minimum absolute atomic E-state index is 0.215. The fourth-order valence-corrected chi connectivity index (χ4v) is 1.72. The minimum atomic E-state index is -0.551. The monoisotopic (exact) mass is 300 g/mol. The maximum absolute atomic E-state index is 11.7. The van der Waals surface area contributed by atoms with Crippen molar-refractivity contribution in [1.29, 1.82) is 0 Å². The van der Waals surface area contributed by atoms with E-state index in [1.807, 2.05) is 18.2 Å². The summed E-state index contributed by atoms with van der Waals surface area (Å²) < 4.78 is 15.3. The molecule has 0 atom stereocenters. The van der Waals surface area contributed by atoms with Gasteiger partial charge in [0.2, 0.25) is 0 Å². The molecule has 114 valence electrons. The largest absolute Gasteiger partial charge is 0.482 e. The molecule has 0 heterocycles. The lowest BCUT2D eigenvalue weighted by Gasteiger charge is -2.07. The zero-order valence-electron chi connectivity index (χ0n) is 12.2. The molecule has 0 aliphatic carbocycles. The van der Waals surface area contributed by atoms with Crippen molar-refractivity contribution in [3.8, 4) is 11.5 Å². The van der Waals surface area contributed by atoms with Gasteiger partial charge in [0, 0.05) is 0 Å². The predicted molar refractivity (Wildman–Crippen MR) is 80.0 cm³/mol. The Morgan fingerprint density at radius 1 is 0.955 bits per heavy atom. The topological polar surface area (TPSA) is 61.8 Å². The average Bonchev–Trinajstić information content (AvgIpc) is 2.54. The van der Waals surface area contributed by atoms with Crippen LogP contribution in [0.15, 0.2) is 54.6 Å². The number of benzene rings is 2. The number of carbonyl (C=O) groups excluding carboxylic acids is 2. The Morgan fingerprint density at radius 3 is 2.41 bits per heavy atom. The van der Waals surface area contributed by atoms with Gasteiger partial charge in [-0.25, -0.2) is 9.59 Å². The molecule has 0 amide bonds. The number of hydrogen-bond acceptors (Lipinski definition) is 5. The van der Waals surface area contributed by atoms with Crippen molar-refractivity contribution in [2.75, 3.05) is 13.2 Å². The second kappa shape index (κ2) is 7.83. The van der Waals surface area contributed by atoms with Crippen LogP contribution >= 0.6 is 0 Å². The van der Waals surface area contributed by atoms with Crippen molar-refractivity contribution in [2.24, 2.45) is 0 Å². The second-order valence-corrected chi connectivity index (χ2v) is 4.32. The highest BCUT2D eigenvalue weighted by atomic mass is 16.6. The molecule has 2 aromatic rings. The van der Waals surface area contributed by atoms with Crippen LogP contribution in [0.5, 0.6) is 11.5 Å². The zero-order chi connectivity index (χ0) is 15.8. The van der Waals surface area contributed by atoms with Gasteiger partial charge in [-0.05, 0) is 37.3 Å². The maximum Gasteiger partial charge on any atom is 0.349 e. The van der Waals surface area contributed by atoms with Crippen molar-refractivity contribution >= 4 is 11.9 Å². The molecule has 5 nitrogen and oxygen atoms in total. The summed E-state index contributed by atoms with van der Waals surface area (Å²) in [4.78, 5) is 23.3. The fraction of sp³-hybridized carbons (Fsp3) is 0.176. The summed E-state index contributed by atoms with van der Waals surface area (Å²) in [6, 6.07) is 15.2. The van der Waals surface area contributed by atoms with Crippen molar-refractivity contribution < 1.29 is 23.8 Å². The Balaban J connectivity index is 1.91. The second-order valence-electron chi connectivity index (χ2n) is 4.32. The predicted octanol–water partition coefficient (Wildman–Crippen LogP) is 2.85. The van der Waals surface area contributed by atoms with Crippen molar-refractivity contribution in [2.45, 2.75) is 6.92 Å². The van der Waals surface area contributed by atoms with Gasteiger partial charge in [0.05, 0.1) is 12.2 Å². The van der Waals surface area contributed by atoms with Crippen LogP contribution in [0.25, 0.3) is 0 Å². The van der Waals surface area contributed by atoms with Crippen molar-refractivity contribution in [1.82, 2.24) is 0 Å². The van der Waals surface area contributed by atoms with E-state index in [-0.39, 0.29) is 19.0 Å². The van der Waals surface area contributed by atoms with Crippen molar-refractivity contribution in [3.63, 3.8) is 0 Å². The van der Waals surface area contributed by atoms with Crippen LogP contribution in [0.3, 0.4) is 0 Å². The minimum Gasteiger partial charge on any atom is -0.482 e. The fourth-order valence-electron chi connectivity index (χ4n) is 1.72. The molecule has 2 rings (SSSR count). The maximum atomic E-state index is 11.7. The molecular formula is C17H16O5. The van der Waals surface area contributed by atoms with Gasteiger partial charge in [-0.1, -0.05) is 24.3 Å². The molecule has 22 heavy (non-hydrogen) atoms. The van der Waals surface area contributed by atoms with E-state index in [2.05, 4.69) is 0 Å². The third-order valence-electron chi connectivity index (χ3n) is 2.68. The third-order valence-corrected chi connectivity index (χ3v) is 2.68. The first-order valence-electron chi connectivity index (χ1n) is 6.84. The van der Waals surface area contributed by atoms with Crippen LogP contribution in [0.2, 0.25) is 0 Å². The molecule has 0 fully saturated rings. The lowest BCUT2D eigenvalue weighted by atomic mass is 10.2. The SMILES string of the molecule is CCOC(=O)c1cccc(OC(=O)COc2ccccc2)c1. The molecule has 0 aliphatic rings. The molecule has 0 radical (unpaired) electrons. The van der Waals surface area contributed by atoms with Crippen LogP contribution in [0, 0.1) is 0 Å². The van der Waals surface area contributed by atoms with Gasteiger partial charge in [0.1, 0.15) is 11.5 Å². The third kappa shape index (κ3) is 4.63. The lowest BCUT2D eigenvalue weighted by Crippen LogP contribution is -2.18. The normalized spacial score (nSPS) is 9.86. The van der Waals surface area contributed by atoms with Gasteiger partial charge >= 0.3 is 11.9 Å². The van der Waals surface area contributed by atoms with E-state index in [0.717, 1.165) is 0 Å². The summed E-state index contributed by atoms with van der Waals surface area (Å²) >= 11 is 0. The first-order valence-corrected chi connectivity index (χ1v) is 6.84. The molecular weight excluding hydrogens is 284 g/mol. The van der Waals surface area contributed by atoms with Gasteiger partial charge < -0.3 is 14.2 Å². The lowest BCUT2D eigenvalue weighted by molar-refractivity contribution is -0.136. The van der Waals surface area contributed by atoms with Gasteiger partial charge in [-0.2, -0.15) is 0 Å². The molecule has 0 saturated carbocycles. The molecule has 0 unspecified atom stereocenters. The van der Waals surface area contributed by atoms with Gasteiger partial charge in [0.15, 0.2) is 6.61 Å². The number of rotatable bonds is 6. The van der Waals surface area contributed by atoms with E-state index < -0.39 is 11.9 Å². The van der Waals surface area contributed by atoms with E-state index in [4.69, 9.17) is 14.2 Å². The van der Waals surface area contributed by atoms with Crippen LogP contribution in [-0.4, -0.2) is 25.2 Å². The first kappa shape index (κ1) is 15.6. The van der Waals surface area contributed by atoms with Crippen molar-refractivity contribution in [3.05, 3.63) is 60.2 Å². The van der Waals surface area contributed by atoms with Crippen LogP contribution in [0.1, 0.15) is 17.3 Å². The Morgan fingerprint density at radius 2 is 1.68 bits per heavy atom. The molecule has 0 N–H and O–H groups in total. The number of para-hydroxylation sites is 1. The molecule has 2 aromatic carbocycles. The first-order chi connectivity index (χ1) is 10.7. The van der Waals surface area contributed by atoms with E-state index in [9.17, 15) is 9.59 Å². The van der Waals surface area contributed by atoms with Crippen LogP contribution in [0.4, 0.5) is 0 Å². The Hall–Kier alpha value is -2.82. The van der Waals surface area contributed by atoms with E-state index in [0.29, 0.717) is 11.3 Å². The number of esters is 2. The molecule has 0 spiro atoms. The molecule has 0 bridgehead atoms. The highest BCUT2D eigenvalue weighted by Crippen LogP contribution is 2.15. The van der Waals surface area contributed by atoms with Gasteiger partial charge in [-0.3, -0.25) is 0 Å². The molecule has 0 saturated heterocycles.